The van der Waals surface area contributed by atoms with Crippen LogP contribution in [0.3, 0.4) is 0 Å². The van der Waals surface area contributed by atoms with Gasteiger partial charge in [-0.1, -0.05) is 30.3 Å². The Morgan fingerprint density at radius 2 is 1.86 bits per heavy atom. The van der Waals surface area contributed by atoms with Crippen molar-refractivity contribution in [2.24, 2.45) is 10.9 Å². The summed E-state index contributed by atoms with van der Waals surface area (Å²) in [5, 5.41) is 7.04. The van der Waals surface area contributed by atoms with Crippen LogP contribution in [0.25, 0.3) is 0 Å². The Morgan fingerprint density at radius 3 is 2.54 bits per heavy atom. The van der Waals surface area contributed by atoms with E-state index in [1.54, 1.807) is 0 Å². The zero-order chi connectivity index (χ0) is 18.9. The molecule has 0 saturated carbocycles. The van der Waals surface area contributed by atoms with Crippen molar-refractivity contribution in [3.8, 4) is 0 Å². The third-order valence-electron chi connectivity index (χ3n) is 5.81. The maximum absolute atomic E-state index is 4.98. The number of hydrogen-bond donors (Lipinski definition) is 2. The van der Waals surface area contributed by atoms with Crippen LogP contribution >= 0.6 is 24.0 Å². The second kappa shape index (κ2) is 12.6. The zero-order valence-corrected chi connectivity index (χ0v) is 19.9. The Hall–Kier alpha value is -0.860. The van der Waals surface area contributed by atoms with Crippen molar-refractivity contribution in [3.05, 3.63) is 35.9 Å². The molecule has 1 aromatic carbocycles. The van der Waals surface area contributed by atoms with Gasteiger partial charge in [-0.05, 0) is 70.8 Å². The molecule has 2 aliphatic heterocycles. The van der Waals surface area contributed by atoms with Crippen molar-refractivity contribution in [1.82, 2.24) is 20.4 Å². The van der Waals surface area contributed by atoms with Gasteiger partial charge in [0.25, 0.3) is 0 Å². The lowest BCUT2D eigenvalue weighted by molar-refractivity contribution is 0.210. The molecule has 2 saturated heterocycles. The van der Waals surface area contributed by atoms with E-state index < -0.39 is 0 Å². The number of piperidine rings is 1. The highest BCUT2D eigenvalue weighted by Crippen LogP contribution is 2.25. The molecule has 2 fully saturated rings. The number of benzene rings is 1. The van der Waals surface area contributed by atoms with Gasteiger partial charge in [-0.2, -0.15) is 0 Å². The molecule has 6 heteroatoms. The normalized spacial score (nSPS) is 22.5. The quantitative estimate of drug-likeness (QED) is 0.343. The van der Waals surface area contributed by atoms with Crippen LogP contribution in [0, 0.1) is 5.92 Å². The van der Waals surface area contributed by atoms with E-state index in [2.05, 4.69) is 64.7 Å². The number of halogens is 1. The van der Waals surface area contributed by atoms with Crippen molar-refractivity contribution in [2.45, 2.75) is 38.6 Å². The fourth-order valence-corrected chi connectivity index (χ4v) is 4.36. The van der Waals surface area contributed by atoms with Crippen molar-refractivity contribution >= 4 is 29.9 Å². The monoisotopic (exact) mass is 499 g/mol. The Labute approximate surface area is 188 Å². The summed E-state index contributed by atoms with van der Waals surface area (Å²) in [7, 11) is 2.23. The summed E-state index contributed by atoms with van der Waals surface area (Å²) in [6.07, 6.45) is 5.24. The molecule has 2 heterocycles. The summed E-state index contributed by atoms with van der Waals surface area (Å²) >= 11 is 0. The van der Waals surface area contributed by atoms with E-state index in [0.29, 0.717) is 6.04 Å². The molecule has 0 radical (unpaired) electrons. The van der Waals surface area contributed by atoms with Crippen molar-refractivity contribution < 1.29 is 0 Å². The van der Waals surface area contributed by atoms with Gasteiger partial charge in [0.2, 0.25) is 0 Å². The van der Waals surface area contributed by atoms with E-state index in [0.717, 1.165) is 31.5 Å². The van der Waals surface area contributed by atoms with Gasteiger partial charge >= 0.3 is 0 Å². The van der Waals surface area contributed by atoms with Crippen molar-refractivity contribution in [2.75, 3.05) is 52.9 Å². The molecule has 0 spiro atoms. The number of rotatable bonds is 7. The van der Waals surface area contributed by atoms with Gasteiger partial charge in [-0.25, -0.2) is 0 Å². The first-order chi connectivity index (χ1) is 13.3. The van der Waals surface area contributed by atoms with E-state index in [9.17, 15) is 0 Å². The van der Waals surface area contributed by atoms with E-state index >= 15 is 0 Å². The molecule has 5 nitrogen and oxygen atoms in total. The molecule has 2 unspecified atom stereocenters. The first kappa shape index (κ1) is 23.4. The fourth-order valence-electron chi connectivity index (χ4n) is 4.36. The summed E-state index contributed by atoms with van der Waals surface area (Å²) in [6.45, 7) is 9.66. The summed E-state index contributed by atoms with van der Waals surface area (Å²) in [5.41, 5.74) is 1.38. The number of nitrogens with one attached hydrogen (secondary N) is 2. The lowest BCUT2D eigenvalue weighted by Crippen LogP contribution is -2.44. The van der Waals surface area contributed by atoms with E-state index in [1.165, 1.54) is 57.4 Å². The molecule has 0 aliphatic carbocycles. The third kappa shape index (κ3) is 7.19. The Balaban J connectivity index is 0.00000280. The smallest absolute Gasteiger partial charge is 0.191 e. The Bertz CT molecular complexity index is 574. The number of nitrogens with zero attached hydrogens (tertiary/aromatic N) is 3. The predicted molar refractivity (Wildman–Crippen MR) is 130 cm³/mol. The lowest BCUT2D eigenvalue weighted by Gasteiger charge is -2.30. The first-order valence-electron chi connectivity index (χ1n) is 10.8. The van der Waals surface area contributed by atoms with Crippen LogP contribution < -0.4 is 10.6 Å². The molecule has 2 N–H and O–H groups in total. The molecule has 0 aromatic heterocycles. The minimum absolute atomic E-state index is 0. The van der Waals surface area contributed by atoms with Gasteiger partial charge in [0.1, 0.15) is 0 Å². The molecular weight excluding hydrogens is 461 g/mol. The van der Waals surface area contributed by atoms with Crippen LogP contribution in [0.1, 0.15) is 44.2 Å². The maximum atomic E-state index is 4.98. The summed E-state index contributed by atoms with van der Waals surface area (Å²) in [5.74, 6) is 1.68. The van der Waals surface area contributed by atoms with Crippen LogP contribution in [0.5, 0.6) is 0 Å². The van der Waals surface area contributed by atoms with Crippen LogP contribution in [-0.2, 0) is 0 Å². The number of hydrogen-bond acceptors (Lipinski definition) is 3. The SMILES string of the molecule is CCNC(=NCC(c1ccccc1)N1CCCC1)NCC1CCCN(C)C1.I. The largest absolute Gasteiger partial charge is 0.357 e. The van der Waals surface area contributed by atoms with E-state index in [4.69, 9.17) is 4.99 Å². The Morgan fingerprint density at radius 1 is 1.11 bits per heavy atom. The van der Waals surface area contributed by atoms with Crippen molar-refractivity contribution in [3.63, 3.8) is 0 Å². The van der Waals surface area contributed by atoms with Gasteiger partial charge in [0.05, 0.1) is 12.6 Å². The van der Waals surface area contributed by atoms with Gasteiger partial charge < -0.3 is 15.5 Å². The second-order valence-corrected chi connectivity index (χ2v) is 8.04. The number of guanidine groups is 1. The van der Waals surface area contributed by atoms with Crippen LogP contribution in [0.2, 0.25) is 0 Å². The number of aliphatic imine (C=N–C) groups is 1. The van der Waals surface area contributed by atoms with Gasteiger partial charge in [-0.3, -0.25) is 9.89 Å². The number of likely N-dealkylation sites (tertiary alicyclic amines) is 2. The van der Waals surface area contributed by atoms with Crippen LogP contribution in [-0.4, -0.2) is 68.6 Å². The van der Waals surface area contributed by atoms with E-state index in [1.807, 2.05) is 0 Å². The second-order valence-electron chi connectivity index (χ2n) is 8.04. The average Bonchev–Trinajstić information content (AvgIpc) is 3.21. The minimum atomic E-state index is 0. The van der Waals surface area contributed by atoms with Gasteiger partial charge in [0.15, 0.2) is 5.96 Å². The summed E-state index contributed by atoms with van der Waals surface area (Å²) in [4.78, 5) is 10.0. The lowest BCUT2D eigenvalue weighted by atomic mass is 9.99. The summed E-state index contributed by atoms with van der Waals surface area (Å²) in [6, 6.07) is 11.3. The highest BCUT2D eigenvalue weighted by molar-refractivity contribution is 14.0. The molecule has 1 aromatic rings. The third-order valence-corrected chi connectivity index (χ3v) is 5.81. The highest BCUT2D eigenvalue weighted by atomic mass is 127. The Kier molecular flexibility index (Phi) is 10.6. The van der Waals surface area contributed by atoms with Gasteiger partial charge in [0, 0.05) is 19.6 Å². The molecule has 158 valence electrons. The fraction of sp³-hybridized carbons (Fsp3) is 0.682. The average molecular weight is 499 g/mol. The standard InChI is InChI=1S/C22H37N5.HI/c1-3-23-22(24-16-19-10-9-13-26(2)18-19)25-17-21(27-14-7-8-15-27)20-11-5-4-6-12-20;/h4-6,11-12,19,21H,3,7-10,13-18H2,1-2H3,(H2,23,24,25);1H. The van der Waals surface area contributed by atoms with Gasteiger partial charge in [-0.15, -0.1) is 24.0 Å². The molecule has 2 aliphatic rings. The molecule has 0 amide bonds. The zero-order valence-electron chi connectivity index (χ0n) is 17.6. The molecule has 0 bridgehead atoms. The van der Waals surface area contributed by atoms with Crippen LogP contribution in [0.15, 0.2) is 35.3 Å². The first-order valence-corrected chi connectivity index (χ1v) is 10.8. The molecule has 28 heavy (non-hydrogen) atoms. The molecule has 3 rings (SSSR count). The summed E-state index contributed by atoms with van der Waals surface area (Å²) < 4.78 is 0. The minimum Gasteiger partial charge on any atom is -0.357 e. The molecular formula is C22H38IN5. The van der Waals surface area contributed by atoms with Crippen molar-refractivity contribution in [1.29, 1.82) is 0 Å². The predicted octanol–water partition coefficient (Wildman–Crippen LogP) is 3.34. The highest BCUT2D eigenvalue weighted by Gasteiger charge is 2.23. The molecule has 2 atom stereocenters. The topological polar surface area (TPSA) is 42.9 Å². The van der Waals surface area contributed by atoms with E-state index in [-0.39, 0.29) is 24.0 Å². The van der Waals surface area contributed by atoms with Crippen LogP contribution in [0.4, 0.5) is 0 Å². The maximum Gasteiger partial charge on any atom is 0.191 e.